The van der Waals surface area contributed by atoms with E-state index < -0.39 is 0 Å². The van der Waals surface area contributed by atoms with Gasteiger partial charge in [0.25, 0.3) is 0 Å². The topological polar surface area (TPSA) is 56.2 Å². The van der Waals surface area contributed by atoms with Crippen molar-refractivity contribution < 1.29 is 9.53 Å². The normalized spacial score (nSPS) is 10.5. The van der Waals surface area contributed by atoms with E-state index in [-0.39, 0.29) is 5.97 Å². The minimum atomic E-state index is -0.151. The molecule has 0 bridgehead atoms. The molecule has 96 valence electrons. The zero-order valence-corrected chi connectivity index (χ0v) is 10.6. The second-order valence-corrected chi connectivity index (χ2v) is 3.81. The Bertz CT molecular complexity index is 336. The van der Waals surface area contributed by atoms with Crippen LogP contribution in [0.15, 0.2) is 12.5 Å². The van der Waals surface area contributed by atoms with E-state index >= 15 is 0 Å². The highest BCUT2D eigenvalue weighted by atomic mass is 16.5. The molecule has 1 heterocycles. The molecule has 0 amide bonds. The fraction of sp³-hybridized carbons (Fsp3) is 0.667. The highest BCUT2D eigenvalue weighted by Crippen LogP contribution is 2.00. The van der Waals surface area contributed by atoms with Crippen LogP contribution in [0, 0.1) is 0 Å². The third-order valence-electron chi connectivity index (χ3n) is 2.38. The Morgan fingerprint density at radius 1 is 1.53 bits per heavy atom. The molecule has 5 heteroatoms. The molecule has 1 N–H and O–H groups in total. The summed E-state index contributed by atoms with van der Waals surface area (Å²) in [6.07, 6.45) is 5.20. The van der Waals surface area contributed by atoms with Crippen LogP contribution >= 0.6 is 0 Å². The lowest BCUT2D eigenvalue weighted by atomic mass is 10.4. The van der Waals surface area contributed by atoms with Crippen LogP contribution < -0.4 is 5.32 Å². The summed E-state index contributed by atoms with van der Waals surface area (Å²) >= 11 is 0. The van der Waals surface area contributed by atoms with Crippen LogP contribution in [0.1, 0.15) is 32.4 Å². The lowest BCUT2D eigenvalue weighted by Gasteiger charge is -2.07. The fourth-order valence-corrected chi connectivity index (χ4v) is 1.58. The number of hydrogen-bond acceptors (Lipinski definition) is 4. The third kappa shape index (κ3) is 4.99. The summed E-state index contributed by atoms with van der Waals surface area (Å²) in [4.78, 5) is 15.2. The number of hydrogen-bond donors (Lipinski definition) is 1. The molecule has 0 aromatic carbocycles. The molecule has 0 aliphatic heterocycles. The number of rotatable bonds is 8. The number of nitrogens with one attached hydrogen (secondary N) is 1. The summed E-state index contributed by atoms with van der Waals surface area (Å²) in [6, 6.07) is 0. The van der Waals surface area contributed by atoms with Gasteiger partial charge in [0.1, 0.15) is 0 Å². The maximum Gasteiger partial charge on any atom is 0.307 e. The van der Waals surface area contributed by atoms with E-state index in [2.05, 4.69) is 21.8 Å². The van der Waals surface area contributed by atoms with Crippen molar-refractivity contribution in [1.82, 2.24) is 14.9 Å². The van der Waals surface area contributed by atoms with Crippen molar-refractivity contribution in [2.24, 2.45) is 0 Å². The smallest absolute Gasteiger partial charge is 0.307 e. The largest absolute Gasteiger partial charge is 0.466 e. The van der Waals surface area contributed by atoms with Crippen LogP contribution in [0.3, 0.4) is 0 Å². The van der Waals surface area contributed by atoms with Crippen molar-refractivity contribution in [2.45, 2.75) is 39.8 Å². The molecule has 0 saturated carbocycles. The number of ether oxygens (including phenoxy) is 1. The lowest BCUT2D eigenvalue weighted by Crippen LogP contribution is -2.20. The van der Waals surface area contributed by atoms with Crippen LogP contribution in [0.2, 0.25) is 0 Å². The predicted molar refractivity (Wildman–Crippen MR) is 65.5 cm³/mol. The monoisotopic (exact) mass is 239 g/mol. The molecule has 0 saturated heterocycles. The number of nitrogens with zero attached hydrogens (tertiary/aromatic N) is 2. The molecule has 0 spiro atoms. The number of carbonyl (C=O) groups excluding carboxylic acids is 1. The van der Waals surface area contributed by atoms with Gasteiger partial charge in [-0.25, -0.2) is 4.98 Å². The van der Waals surface area contributed by atoms with Gasteiger partial charge in [0.05, 0.1) is 25.0 Å². The molecule has 0 radical (unpaired) electrons. The van der Waals surface area contributed by atoms with Gasteiger partial charge < -0.3 is 14.6 Å². The Hall–Kier alpha value is -1.36. The van der Waals surface area contributed by atoms with E-state index in [4.69, 9.17) is 4.74 Å². The van der Waals surface area contributed by atoms with E-state index in [0.717, 1.165) is 25.2 Å². The van der Waals surface area contributed by atoms with Gasteiger partial charge in [0.2, 0.25) is 0 Å². The fourth-order valence-electron chi connectivity index (χ4n) is 1.58. The Kier molecular flexibility index (Phi) is 6.32. The van der Waals surface area contributed by atoms with E-state index in [1.54, 1.807) is 0 Å². The minimum absolute atomic E-state index is 0.151. The molecule has 0 fully saturated rings. The Morgan fingerprint density at radius 3 is 3.06 bits per heavy atom. The summed E-state index contributed by atoms with van der Waals surface area (Å²) in [5.74, 6) is -0.151. The second-order valence-electron chi connectivity index (χ2n) is 3.81. The molecule has 17 heavy (non-hydrogen) atoms. The van der Waals surface area contributed by atoms with Gasteiger partial charge >= 0.3 is 5.97 Å². The molecule has 1 rings (SSSR count). The van der Waals surface area contributed by atoms with Crippen LogP contribution in [0.25, 0.3) is 0 Å². The Morgan fingerprint density at radius 2 is 2.35 bits per heavy atom. The van der Waals surface area contributed by atoms with Crippen LogP contribution in [-0.2, 0) is 22.6 Å². The first-order valence-corrected chi connectivity index (χ1v) is 6.13. The number of carbonyl (C=O) groups is 1. The molecule has 5 nitrogen and oxygen atoms in total. The van der Waals surface area contributed by atoms with E-state index in [9.17, 15) is 4.79 Å². The standard InChI is InChI=1S/C12H21N3O2/c1-3-7-15-10-14-9-11(15)8-13-6-5-12(16)17-4-2/h9-10,13H,3-8H2,1-2H3. The molecule has 0 aliphatic rings. The average molecular weight is 239 g/mol. The zero-order chi connectivity index (χ0) is 12.5. The zero-order valence-electron chi connectivity index (χ0n) is 10.6. The van der Waals surface area contributed by atoms with E-state index in [1.165, 1.54) is 0 Å². The Balaban J connectivity index is 2.21. The van der Waals surface area contributed by atoms with Crippen molar-refractivity contribution in [3.63, 3.8) is 0 Å². The molecule has 1 aromatic rings. The van der Waals surface area contributed by atoms with Gasteiger partial charge in [-0.1, -0.05) is 6.92 Å². The first kappa shape index (κ1) is 13.7. The SMILES string of the molecule is CCCn1cncc1CNCCC(=O)OCC. The van der Waals surface area contributed by atoms with E-state index in [1.807, 2.05) is 19.4 Å². The molecular formula is C12H21N3O2. The van der Waals surface area contributed by atoms with Crippen LogP contribution in [0.5, 0.6) is 0 Å². The van der Waals surface area contributed by atoms with Gasteiger partial charge in [-0.15, -0.1) is 0 Å². The molecule has 0 atom stereocenters. The number of aryl methyl sites for hydroxylation is 1. The number of aromatic nitrogens is 2. The van der Waals surface area contributed by atoms with Crippen molar-refractivity contribution in [1.29, 1.82) is 0 Å². The highest BCUT2D eigenvalue weighted by molar-refractivity contribution is 5.69. The molecule has 0 unspecified atom stereocenters. The van der Waals surface area contributed by atoms with Gasteiger partial charge in [-0.3, -0.25) is 4.79 Å². The summed E-state index contributed by atoms with van der Waals surface area (Å²) in [6.45, 7) is 6.75. The van der Waals surface area contributed by atoms with Crippen molar-refractivity contribution >= 4 is 5.97 Å². The minimum Gasteiger partial charge on any atom is -0.466 e. The van der Waals surface area contributed by atoms with E-state index in [0.29, 0.717) is 19.6 Å². The van der Waals surface area contributed by atoms with Gasteiger partial charge in [-0.2, -0.15) is 0 Å². The Labute approximate surface area is 102 Å². The van der Waals surface area contributed by atoms with Gasteiger partial charge in [-0.05, 0) is 13.3 Å². The molecule has 1 aromatic heterocycles. The number of imidazole rings is 1. The van der Waals surface area contributed by atoms with Crippen LogP contribution in [0.4, 0.5) is 0 Å². The average Bonchev–Trinajstić information content (AvgIpc) is 2.73. The maximum atomic E-state index is 11.1. The first-order chi connectivity index (χ1) is 8.27. The maximum absolute atomic E-state index is 11.1. The van der Waals surface area contributed by atoms with Gasteiger partial charge in [0.15, 0.2) is 0 Å². The van der Waals surface area contributed by atoms with Gasteiger partial charge in [0, 0.05) is 25.8 Å². The molecule has 0 aliphatic carbocycles. The summed E-state index contributed by atoms with van der Waals surface area (Å²) in [7, 11) is 0. The summed E-state index contributed by atoms with van der Waals surface area (Å²) in [5, 5.41) is 3.21. The lowest BCUT2D eigenvalue weighted by molar-refractivity contribution is -0.142. The van der Waals surface area contributed by atoms with Crippen LogP contribution in [-0.4, -0.2) is 28.7 Å². The van der Waals surface area contributed by atoms with Crippen molar-refractivity contribution in [2.75, 3.05) is 13.2 Å². The second kappa shape index (κ2) is 7.84. The first-order valence-electron chi connectivity index (χ1n) is 6.13. The quantitative estimate of drug-likeness (QED) is 0.549. The third-order valence-corrected chi connectivity index (χ3v) is 2.38. The van der Waals surface area contributed by atoms with Crippen molar-refractivity contribution in [3.05, 3.63) is 18.2 Å². The summed E-state index contributed by atoms with van der Waals surface area (Å²) in [5.41, 5.74) is 1.15. The highest BCUT2D eigenvalue weighted by Gasteiger charge is 2.03. The van der Waals surface area contributed by atoms with Crippen molar-refractivity contribution in [3.8, 4) is 0 Å². The molecular weight excluding hydrogens is 218 g/mol. The summed E-state index contributed by atoms with van der Waals surface area (Å²) < 4.78 is 6.97. The number of esters is 1. The predicted octanol–water partition coefficient (Wildman–Crippen LogP) is 1.34.